The molecule has 0 saturated carbocycles. The van der Waals surface area contributed by atoms with E-state index >= 15 is 0 Å². The number of nitrogens with one attached hydrogen (secondary N) is 1. The Bertz CT molecular complexity index is 1710. The van der Waals surface area contributed by atoms with E-state index < -0.39 is 21.7 Å². The summed E-state index contributed by atoms with van der Waals surface area (Å²) in [7, 11) is -3.72. The average Bonchev–Trinajstić information content (AvgIpc) is 3.02. The highest BCUT2D eigenvalue weighted by atomic mass is 32.2. The van der Waals surface area contributed by atoms with E-state index in [2.05, 4.69) is 60.2 Å². The van der Waals surface area contributed by atoms with Crippen LogP contribution in [0.15, 0.2) is 90.0 Å². The van der Waals surface area contributed by atoms with Gasteiger partial charge in [-0.05, 0) is 83.5 Å². The number of pyridine rings is 1. The van der Waals surface area contributed by atoms with Gasteiger partial charge in [0.1, 0.15) is 5.82 Å². The molecule has 2 heterocycles. The quantitative estimate of drug-likeness (QED) is 0.229. The number of amides is 1. The van der Waals surface area contributed by atoms with E-state index in [4.69, 9.17) is 0 Å². The fourth-order valence-corrected chi connectivity index (χ4v) is 6.63. The number of piperazine rings is 1. The number of phenols is 2. The second kappa shape index (κ2) is 12.7. The van der Waals surface area contributed by atoms with Crippen molar-refractivity contribution in [2.45, 2.75) is 43.9 Å². The van der Waals surface area contributed by atoms with Crippen LogP contribution in [0.5, 0.6) is 11.5 Å². The number of carbonyl (C=O) groups is 1. The maximum atomic E-state index is 13.3. The predicted molar refractivity (Wildman–Crippen MR) is 172 cm³/mol. The van der Waals surface area contributed by atoms with Crippen molar-refractivity contribution in [1.29, 1.82) is 0 Å². The Labute approximate surface area is 258 Å². The number of rotatable bonds is 8. The van der Waals surface area contributed by atoms with E-state index in [1.165, 1.54) is 40.2 Å². The molecule has 1 saturated heterocycles. The molecule has 0 unspecified atom stereocenters. The molecule has 3 aromatic carbocycles. The Morgan fingerprint density at radius 1 is 0.864 bits per heavy atom. The summed E-state index contributed by atoms with van der Waals surface area (Å²) in [6.07, 6.45) is 2.98. The van der Waals surface area contributed by atoms with Crippen LogP contribution in [0.2, 0.25) is 0 Å². The Morgan fingerprint density at radius 3 is 2.14 bits per heavy atom. The SMILES string of the molecule is CC(C)(C)c1ccc(CCc2cc(O)c(O)c(C(=O)Nc3ccc(S(=O)(=O)N4CCN(c5ccccn5)CC4)cc3)c2)cc1. The molecule has 5 rings (SSSR count). The number of hydrogen-bond acceptors (Lipinski definition) is 7. The molecular formula is C34H38N4O5S. The zero-order valence-electron chi connectivity index (χ0n) is 25.2. The molecular weight excluding hydrogens is 576 g/mol. The van der Waals surface area contributed by atoms with E-state index in [-0.39, 0.29) is 21.6 Å². The van der Waals surface area contributed by atoms with Crippen molar-refractivity contribution in [2.24, 2.45) is 0 Å². The first-order valence-electron chi connectivity index (χ1n) is 14.6. The van der Waals surface area contributed by atoms with Crippen LogP contribution >= 0.6 is 0 Å². The van der Waals surface area contributed by atoms with Crippen molar-refractivity contribution in [3.63, 3.8) is 0 Å². The fraction of sp³-hybridized carbons (Fsp3) is 0.294. The van der Waals surface area contributed by atoms with Gasteiger partial charge in [-0.1, -0.05) is 51.1 Å². The second-order valence-electron chi connectivity index (χ2n) is 12.0. The zero-order valence-corrected chi connectivity index (χ0v) is 26.0. The lowest BCUT2D eigenvalue weighted by atomic mass is 9.86. The smallest absolute Gasteiger partial charge is 0.259 e. The number of aromatic nitrogens is 1. The van der Waals surface area contributed by atoms with Gasteiger partial charge in [0.15, 0.2) is 11.5 Å². The van der Waals surface area contributed by atoms with Gasteiger partial charge in [-0.2, -0.15) is 4.31 Å². The monoisotopic (exact) mass is 614 g/mol. The van der Waals surface area contributed by atoms with Gasteiger partial charge in [-0.3, -0.25) is 4.79 Å². The van der Waals surface area contributed by atoms with Gasteiger partial charge in [0.2, 0.25) is 10.0 Å². The summed E-state index contributed by atoms with van der Waals surface area (Å²) < 4.78 is 28.0. The average molecular weight is 615 g/mol. The third kappa shape index (κ3) is 7.03. The number of benzene rings is 3. The largest absolute Gasteiger partial charge is 0.504 e. The van der Waals surface area contributed by atoms with Crippen LogP contribution in [0, 0.1) is 0 Å². The molecule has 9 nitrogen and oxygen atoms in total. The van der Waals surface area contributed by atoms with Gasteiger partial charge >= 0.3 is 0 Å². The fourth-order valence-electron chi connectivity index (χ4n) is 5.21. The predicted octanol–water partition coefficient (Wildman–Crippen LogP) is 5.34. The van der Waals surface area contributed by atoms with Crippen molar-refractivity contribution in [2.75, 3.05) is 36.4 Å². The highest BCUT2D eigenvalue weighted by Crippen LogP contribution is 2.32. The normalized spacial score (nSPS) is 14.4. The van der Waals surface area contributed by atoms with Crippen LogP contribution in [0.3, 0.4) is 0 Å². The first-order valence-corrected chi connectivity index (χ1v) is 16.1. The Hall–Kier alpha value is -4.41. The molecule has 1 aliphatic heterocycles. The summed E-state index contributed by atoms with van der Waals surface area (Å²) in [6.45, 7) is 8.22. The highest BCUT2D eigenvalue weighted by Gasteiger charge is 2.29. The van der Waals surface area contributed by atoms with Crippen molar-refractivity contribution < 1.29 is 23.4 Å². The van der Waals surface area contributed by atoms with Crippen molar-refractivity contribution in [3.8, 4) is 11.5 Å². The molecule has 0 spiro atoms. The molecule has 0 atom stereocenters. The minimum atomic E-state index is -3.72. The van der Waals surface area contributed by atoms with E-state index in [1.54, 1.807) is 12.3 Å². The van der Waals surface area contributed by atoms with Crippen LogP contribution in [0.1, 0.15) is 47.8 Å². The summed E-state index contributed by atoms with van der Waals surface area (Å²) in [5.41, 5.74) is 3.43. The molecule has 4 aromatic rings. The summed E-state index contributed by atoms with van der Waals surface area (Å²) >= 11 is 0. The Balaban J connectivity index is 1.22. The van der Waals surface area contributed by atoms with Crippen molar-refractivity contribution >= 4 is 27.4 Å². The number of sulfonamides is 1. The maximum Gasteiger partial charge on any atom is 0.259 e. The summed E-state index contributed by atoms with van der Waals surface area (Å²) in [5, 5.41) is 23.5. The number of phenolic OH excluding ortho intramolecular Hbond substituents is 2. The van der Waals surface area contributed by atoms with Gasteiger partial charge in [-0.15, -0.1) is 0 Å². The standard InChI is InChI=1S/C34H38N4O5S/c1-34(2,3)26-11-9-24(10-12-26)7-8-25-22-29(32(40)30(39)23-25)33(41)36-27-13-15-28(16-14-27)44(42,43)38-20-18-37(19-21-38)31-6-4-5-17-35-31/h4-6,9-17,22-23,39-40H,7-8,18-21H2,1-3H3,(H,36,41). The molecule has 10 heteroatoms. The molecule has 44 heavy (non-hydrogen) atoms. The van der Waals surface area contributed by atoms with E-state index in [9.17, 15) is 23.4 Å². The minimum absolute atomic E-state index is 0.0643. The lowest BCUT2D eigenvalue weighted by molar-refractivity contribution is 0.102. The second-order valence-corrected chi connectivity index (χ2v) is 14.0. The molecule has 0 aliphatic carbocycles. The van der Waals surface area contributed by atoms with Gasteiger partial charge < -0.3 is 20.4 Å². The van der Waals surface area contributed by atoms with Gasteiger partial charge in [0.05, 0.1) is 10.5 Å². The first kappa shape index (κ1) is 31.0. The summed E-state index contributed by atoms with van der Waals surface area (Å²) in [4.78, 5) is 19.6. The van der Waals surface area contributed by atoms with E-state index in [1.807, 2.05) is 18.2 Å². The third-order valence-electron chi connectivity index (χ3n) is 7.88. The number of carbonyl (C=O) groups excluding carboxylic acids is 1. The van der Waals surface area contributed by atoms with Crippen molar-refractivity contribution in [3.05, 3.63) is 107 Å². The number of hydrogen-bond donors (Lipinski definition) is 3. The minimum Gasteiger partial charge on any atom is -0.504 e. The molecule has 1 amide bonds. The lowest BCUT2D eigenvalue weighted by Crippen LogP contribution is -2.48. The lowest BCUT2D eigenvalue weighted by Gasteiger charge is -2.34. The van der Waals surface area contributed by atoms with E-state index in [0.717, 1.165) is 11.4 Å². The molecule has 3 N–H and O–H groups in total. The number of anilines is 2. The third-order valence-corrected chi connectivity index (χ3v) is 9.79. The van der Waals surface area contributed by atoms with Crippen LogP contribution in [-0.4, -0.2) is 60.0 Å². The summed E-state index contributed by atoms with van der Waals surface area (Å²) in [5.74, 6) is -0.680. The zero-order chi connectivity index (χ0) is 31.5. The van der Waals surface area contributed by atoms with Crippen LogP contribution in [0.4, 0.5) is 11.5 Å². The molecule has 1 aromatic heterocycles. The maximum absolute atomic E-state index is 13.3. The Kier molecular flexibility index (Phi) is 8.94. The van der Waals surface area contributed by atoms with E-state index in [0.29, 0.717) is 50.3 Å². The number of nitrogens with zero attached hydrogens (tertiary/aromatic N) is 3. The first-order chi connectivity index (χ1) is 20.9. The van der Waals surface area contributed by atoms with Crippen LogP contribution in [-0.2, 0) is 28.3 Å². The molecule has 1 aliphatic rings. The molecule has 1 fully saturated rings. The van der Waals surface area contributed by atoms with Crippen molar-refractivity contribution in [1.82, 2.24) is 9.29 Å². The van der Waals surface area contributed by atoms with Crippen LogP contribution in [0.25, 0.3) is 0 Å². The molecule has 0 radical (unpaired) electrons. The topological polar surface area (TPSA) is 123 Å². The van der Waals surface area contributed by atoms with Gasteiger partial charge in [0.25, 0.3) is 5.91 Å². The summed E-state index contributed by atoms with van der Waals surface area (Å²) in [6, 6.07) is 23.0. The Morgan fingerprint density at radius 2 is 1.52 bits per heavy atom. The van der Waals surface area contributed by atoms with Crippen LogP contribution < -0.4 is 10.2 Å². The number of aryl methyl sites for hydroxylation is 2. The van der Waals surface area contributed by atoms with Gasteiger partial charge in [-0.25, -0.2) is 13.4 Å². The van der Waals surface area contributed by atoms with Gasteiger partial charge in [0, 0.05) is 38.1 Å². The number of aromatic hydroxyl groups is 2. The molecule has 0 bridgehead atoms. The molecule has 230 valence electrons. The highest BCUT2D eigenvalue weighted by molar-refractivity contribution is 7.89.